The third-order valence-corrected chi connectivity index (χ3v) is 2.18. The second kappa shape index (κ2) is 2.78. The lowest BCUT2D eigenvalue weighted by Gasteiger charge is -2.26. The van der Waals surface area contributed by atoms with Gasteiger partial charge in [0.25, 0.3) is 0 Å². The van der Waals surface area contributed by atoms with Gasteiger partial charge in [-0.3, -0.25) is 8.93 Å². The highest BCUT2D eigenvalue weighted by molar-refractivity contribution is 9.07. The van der Waals surface area contributed by atoms with Gasteiger partial charge in [0.15, 0.2) is 0 Å². The van der Waals surface area contributed by atoms with Gasteiger partial charge in [0, 0.05) is 7.05 Å². The minimum Gasteiger partial charge on any atom is -0.275 e. The van der Waals surface area contributed by atoms with Crippen LogP contribution < -0.4 is 0 Å². The van der Waals surface area contributed by atoms with Crippen molar-refractivity contribution >= 4 is 22.5 Å². The van der Waals surface area contributed by atoms with E-state index in [1.165, 1.54) is 0 Å². The normalized spacial score (nSPS) is 25.1. The fourth-order valence-corrected chi connectivity index (χ4v) is 1.96. The van der Waals surface area contributed by atoms with Gasteiger partial charge in [-0.25, -0.2) is 0 Å². The number of nitrogens with zero attached hydrogens (tertiary/aromatic N) is 3. The molecule has 1 atom stereocenters. The van der Waals surface area contributed by atoms with Crippen LogP contribution in [0.1, 0.15) is 13.8 Å². The largest absolute Gasteiger partial charge is 0.275 e. The monoisotopic (exact) mass is 205 g/mol. The number of hydrogen-bond donors (Lipinski definition) is 0. The third-order valence-electron chi connectivity index (χ3n) is 1.58. The first-order valence-corrected chi connectivity index (χ1v) is 4.05. The van der Waals surface area contributed by atoms with Gasteiger partial charge in [0.05, 0.1) is 16.1 Å². The molecule has 0 spiro atoms. The molecular weight excluding hydrogens is 194 g/mol. The van der Waals surface area contributed by atoms with E-state index in [0.717, 1.165) is 0 Å². The van der Waals surface area contributed by atoms with Gasteiger partial charge in [0.1, 0.15) is 12.5 Å². The summed E-state index contributed by atoms with van der Waals surface area (Å²) in [7, 11) is 1.97. The highest BCUT2D eigenvalue weighted by Gasteiger charge is 2.26. The van der Waals surface area contributed by atoms with Crippen molar-refractivity contribution in [2.24, 2.45) is 11.0 Å². The average Bonchev–Trinajstić information content (AvgIpc) is 2.11. The van der Waals surface area contributed by atoms with Gasteiger partial charge in [-0.15, -0.1) is 0 Å². The Balaban J connectivity index is 2.60. The zero-order valence-electron chi connectivity index (χ0n) is 6.45. The van der Waals surface area contributed by atoms with Crippen molar-refractivity contribution < 1.29 is 0 Å². The van der Waals surface area contributed by atoms with E-state index in [1.807, 2.05) is 16.0 Å². The molecule has 10 heavy (non-hydrogen) atoms. The predicted molar refractivity (Wildman–Crippen MR) is 45.6 cm³/mol. The van der Waals surface area contributed by atoms with Crippen LogP contribution in [-0.4, -0.2) is 28.5 Å². The van der Waals surface area contributed by atoms with E-state index < -0.39 is 0 Å². The smallest absolute Gasteiger partial charge is 0.131 e. The summed E-state index contributed by atoms with van der Waals surface area (Å²) >= 11 is 3.39. The van der Waals surface area contributed by atoms with Crippen molar-refractivity contribution in [3.63, 3.8) is 0 Å². The molecule has 0 aromatic heterocycles. The van der Waals surface area contributed by atoms with Crippen molar-refractivity contribution in [2.75, 3.05) is 7.05 Å². The van der Waals surface area contributed by atoms with E-state index in [4.69, 9.17) is 0 Å². The van der Waals surface area contributed by atoms with E-state index >= 15 is 0 Å². The molecule has 1 aliphatic rings. The van der Waals surface area contributed by atoms with E-state index in [9.17, 15) is 0 Å². The van der Waals surface area contributed by atoms with E-state index in [2.05, 4.69) is 35.1 Å². The highest BCUT2D eigenvalue weighted by atomic mass is 79.9. The van der Waals surface area contributed by atoms with Crippen molar-refractivity contribution in [3.05, 3.63) is 0 Å². The maximum atomic E-state index is 4.11. The Bertz CT molecular complexity index is 134. The van der Waals surface area contributed by atoms with E-state index in [-0.39, 0.29) is 0 Å². The highest BCUT2D eigenvalue weighted by Crippen LogP contribution is 2.20. The molecule has 0 fully saturated rings. The topological polar surface area (TPSA) is 18.8 Å². The van der Waals surface area contributed by atoms with E-state index in [1.54, 1.807) is 6.34 Å². The summed E-state index contributed by atoms with van der Waals surface area (Å²) < 4.78 is 1.94. The zero-order valence-corrected chi connectivity index (χ0v) is 8.04. The van der Waals surface area contributed by atoms with Crippen molar-refractivity contribution in [1.82, 2.24) is 8.93 Å². The Labute approximate surface area is 70.0 Å². The number of hydrogen-bond acceptors (Lipinski definition) is 3. The lowest BCUT2D eigenvalue weighted by molar-refractivity contribution is 0.170. The van der Waals surface area contributed by atoms with Crippen molar-refractivity contribution in [1.29, 1.82) is 0 Å². The van der Waals surface area contributed by atoms with Crippen LogP contribution >= 0.6 is 16.1 Å². The second-order valence-electron chi connectivity index (χ2n) is 2.81. The molecule has 0 aromatic carbocycles. The molecule has 0 aliphatic carbocycles. The standard InChI is InChI=1S/C6H12BrN3/c1-5(2)6-9(3)8-4-10(6)7/h4-6H,1-3H3. The fraction of sp³-hybridized carbons (Fsp3) is 0.833. The van der Waals surface area contributed by atoms with Gasteiger partial charge in [-0.1, -0.05) is 13.8 Å². The van der Waals surface area contributed by atoms with Crippen LogP contribution in [0.4, 0.5) is 0 Å². The molecule has 1 aliphatic heterocycles. The second-order valence-corrected chi connectivity index (χ2v) is 3.63. The summed E-state index contributed by atoms with van der Waals surface area (Å²) in [4.78, 5) is 0. The molecule has 0 bridgehead atoms. The first-order valence-electron chi connectivity index (χ1n) is 3.34. The Kier molecular flexibility index (Phi) is 2.18. The fourth-order valence-electron chi connectivity index (χ4n) is 1.14. The lowest BCUT2D eigenvalue weighted by atomic mass is 10.1. The summed E-state index contributed by atoms with van der Waals surface area (Å²) in [6.07, 6.45) is 2.14. The van der Waals surface area contributed by atoms with Gasteiger partial charge in [-0.05, 0) is 5.92 Å². The summed E-state index contributed by atoms with van der Waals surface area (Å²) in [6, 6.07) is 0. The molecule has 4 heteroatoms. The van der Waals surface area contributed by atoms with Crippen LogP contribution in [-0.2, 0) is 0 Å². The maximum Gasteiger partial charge on any atom is 0.131 e. The molecule has 1 heterocycles. The van der Waals surface area contributed by atoms with Crippen LogP contribution in [0.2, 0.25) is 0 Å². The molecular formula is C6H12BrN3. The maximum absolute atomic E-state index is 4.11. The summed E-state index contributed by atoms with van der Waals surface area (Å²) in [5.41, 5.74) is 0. The Morgan fingerprint density at radius 3 is 2.40 bits per heavy atom. The number of halogens is 1. The van der Waals surface area contributed by atoms with Crippen molar-refractivity contribution in [3.8, 4) is 0 Å². The Morgan fingerprint density at radius 2 is 2.20 bits per heavy atom. The number of hydrazone groups is 1. The van der Waals surface area contributed by atoms with Crippen LogP contribution in [0.5, 0.6) is 0 Å². The minimum absolute atomic E-state index is 0.361. The van der Waals surface area contributed by atoms with Crippen molar-refractivity contribution in [2.45, 2.75) is 20.0 Å². The SMILES string of the molecule is CC(C)C1N(Br)C=NN1C. The quantitative estimate of drug-likeness (QED) is 0.605. The average molecular weight is 206 g/mol. The first-order chi connectivity index (χ1) is 4.63. The van der Waals surface area contributed by atoms with Gasteiger partial charge in [0.2, 0.25) is 0 Å². The summed E-state index contributed by atoms with van der Waals surface area (Å²) in [5.74, 6) is 0.576. The van der Waals surface area contributed by atoms with Crippen LogP contribution in [0, 0.1) is 5.92 Å². The molecule has 0 saturated heterocycles. The Morgan fingerprint density at radius 1 is 1.60 bits per heavy atom. The molecule has 3 nitrogen and oxygen atoms in total. The molecule has 1 rings (SSSR count). The van der Waals surface area contributed by atoms with Crippen LogP contribution in [0.15, 0.2) is 5.10 Å². The number of rotatable bonds is 1. The molecule has 0 amide bonds. The lowest BCUT2D eigenvalue weighted by Crippen LogP contribution is -2.36. The first kappa shape index (κ1) is 7.85. The zero-order chi connectivity index (χ0) is 7.72. The molecule has 58 valence electrons. The summed E-state index contributed by atoms with van der Waals surface area (Å²) in [6.45, 7) is 4.34. The molecule has 0 saturated carbocycles. The van der Waals surface area contributed by atoms with Gasteiger partial charge >= 0.3 is 0 Å². The molecule has 0 aromatic rings. The molecule has 0 N–H and O–H groups in total. The predicted octanol–water partition coefficient (Wildman–Crippen LogP) is 1.47. The summed E-state index contributed by atoms with van der Waals surface area (Å²) in [5, 5.41) is 6.05. The van der Waals surface area contributed by atoms with Gasteiger partial charge < -0.3 is 0 Å². The minimum atomic E-state index is 0.361. The van der Waals surface area contributed by atoms with Gasteiger partial charge in [-0.2, -0.15) is 5.10 Å². The Hall–Kier alpha value is -0.250. The molecule has 0 radical (unpaired) electrons. The molecule has 1 unspecified atom stereocenters. The van der Waals surface area contributed by atoms with Crippen LogP contribution in [0.25, 0.3) is 0 Å². The van der Waals surface area contributed by atoms with E-state index in [0.29, 0.717) is 12.1 Å². The van der Waals surface area contributed by atoms with Crippen LogP contribution in [0.3, 0.4) is 0 Å². The third kappa shape index (κ3) is 1.26.